The van der Waals surface area contributed by atoms with E-state index in [4.69, 9.17) is 4.74 Å². The fourth-order valence-corrected chi connectivity index (χ4v) is 6.75. The zero-order valence-corrected chi connectivity index (χ0v) is 21.0. The molecule has 7 nitrogen and oxygen atoms in total. The number of benzene rings is 1. The largest absolute Gasteiger partial charge is 0.450 e. The predicted octanol–water partition coefficient (Wildman–Crippen LogP) is 4.71. The molecule has 2 fully saturated rings. The van der Waals surface area contributed by atoms with Crippen LogP contribution in [0.25, 0.3) is 0 Å². The van der Waals surface area contributed by atoms with Gasteiger partial charge in [-0.3, -0.25) is 9.59 Å². The normalized spacial score (nSPS) is 23.3. The van der Waals surface area contributed by atoms with E-state index in [1.165, 1.54) is 0 Å². The predicted molar refractivity (Wildman–Crippen MR) is 134 cm³/mol. The molecule has 8 heteroatoms. The van der Waals surface area contributed by atoms with Crippen molar-refractivity contribution >= 4 is 29.2 Å². The highest BCUT2D eigenvalue weighted by Gasteiger charge is 2.47. The standard InChI is InChI=1S/C27H33N3O4S/c1-2-34-27(33)29-15-13-18(14-16-29)28-25(31)23-20-10-5-6-11-21(20)26(32)30(19-8-3-4-9-19)24(23)22-12-7-17-35-22/h5-7,10-12,17-19,23-24H,2-4,8-9,13-16H2,1H3,(H,28,31)/t23-,24+/m0/s1. The first-order valence-electron chi connectivity index (χ1n) is 12.8. The number of rotatable bonds is 5. The number of hydrogen-bond donors (Lipinski definition) is 1. The summed E-state index contributed by atoms with van der Waals surface area (Å²) in [5.74, 6) is -0.468. The first-order valence-corrected chi connectivity index (χ1v) is 13.6. The van der Waals surface area contributed by atoms with Gasteiger partial charge in [0.1, 0.15) is 0 Å². The SMILES string of the molecule is CCOC(=O)N1CCC(NC(=O)[C@H]2c3ccccc3C(=O)N(C3CCCC3)[C@@H]2c2cccs2)CC1. The lowest BCUT2D eigenvalue weighted by atomic mass is 9.80. The van der Waals surface area contributed by atoms with Gasteiger partial charge >= 0.3 is 6.09 Å². The molecule has 2 atom stereocenters. The van der Waals surface area contributed by atoms with Gasteiger partial charge in [0.05, 0.1) is 18.6 Å². The Morgan fingerprint density at radius 1 is 1.06 bits per heavy atom. The molecule has 1 aromatic heterocycles. The molecule has 2 aromatic rings. The highest BCUT2D eigenvalue weighted by molar-refractivity contribution is 7.10. The van der Waals surface area contributed by atoms with Crippen LogP contribution in [0.2, 0.25) is 0 Å². The molecule has 3 amide bonds. The van der Waals surface area contributed by atoms with Gasteiger partial charge in [-0.05, 0) is 55.7 Å². The Balaban J connectivity index is 1.42. The number of likely N-dealkylation sites (tertiary alicyclic amines) is 1. The van der Waals surface area contributed by atoms with Crippen LogP contribution in [0.15, 0.2) is 41.8 Å². The average molecular weight is 496 g/mol. The van der Waals surface area contributed by atoms with E-state index < -0.39 is 5.92 Å². The second-order valence-electron chi connectivity index (χ2n) is 9.64. The van der Waals surface area contributed by atoms with E-state index in [0.717, 1.165) is 36.1 Å². The van der Waals surface area contributed by atoms with Crippen LogP contribution in [-0.2, 0) is 9.53 Å². The van der Waals surface area contributed by atoms with Crippen molar-refractivity contribution < 1.29 is 19.1 Å². The van der Waals surface area contributed by atoms with Crippen molar-refractivity contribution in [2.24, 2.45) is 0 Å². The van der Waals surface area contributed by atoms with Gasteiger partial charge in [0.2, 0.25) is 5.91 Å². The van der Waals surface area contributed by atoms with Gasteiger partial charge in [0.15, 0.2) is 0 Å². The highest BCUT2D eigenvalue weighted by atomic mass is 32.1. The van der Waals surface area contributed by atoms with E-state index in [1.807, 2.05) is 40.6 Å². The molecule has 3 aliphatic rings. The summed E-state index contributed by atoms with van der Waals surface area (Å²) in [5, 5.41) is 5.31. The average Bonchev–Trinajstić information content (AvgIpc) is 3.59. The van der Waals surface area contributed by atoms with Gasteiger partial charge in [-0.1, -0.05) is 37.1 Å². The van der Waals surface area contributed by atoms with Crippen molar-refractivity contribution in [1.29, 1.82) is 0 Å². The molecule has 0 bridgehead atoms. The summed E-state index contributed by atoms with van der Waals surface area (Å²) in [4.78, 5) is 44.6. The van der Waals surface area contributed by atoms with Gasteiger partial charge < -0.3 is 19.9 Å². The van der Waals surface area contributed by atoms with Gasteiger partial charge in [-0.2, -0.15) is 0 Å². The quantitative estimate of drug-likeness (QED) is 0.652. The third kappa shape index (κ3) is 4.68. The van der Waals surface area contributed by atoms with E-state index in [9.17, 15) is 14.4 Å². The maximum Gasteiger partial charge on any atom is 0.409 e. The molecule has 186 valence electrons. The van der Waals surface area contributed by atoms with Crippen LogP contribution >= 0.6 is 11.3 Å². The van der Waals surface area contributed by atoms with Crippen molar-refractivity contribution in [2.45, 2.75) is 69.5 Å². The minimum absolute atomic E-state index is 0.0121. The van der Waals surface area contributed by atoms with Crippen LogP contribution in [0, 0.1) is 0 Å². The summed E-state index contributed by atoms with van der Waals surface area (Å²) in [6.45, 7) is 3.28. The Hall–Kier alpha value is -2.87. The lowest BCUT2D eigenvalue weighted by molar-refractivity contribution is -0.125. The van der Waals surface area contributed by atoms with Gasteiger partial charge in [-0.25, -0.2) is 4.79 Å². The van der Waals surface area contributed by atoms with E-state index in [-0.39, 0.29) is 36.0 Å². The molecule has 1 aromatic carbocycles. The van der Waals surface area contributed by atoms with Crippen LogP contribution < -0.4 is 5.32 Å². The van der Waals surface area contributed by atoms with Gasteiger partial charge in [0, 0.05) is 35.6 Å². The molecule has 35 heavy (non-hydrogen) atoms. The Bertz CT molecular complexity index is 1060. The molecule has 0 spiro atoms. The molecular formula is C27H33N3O4S. The summed E-state index contributed by atoms with van der Waals surface area (Å²) in [6, 6.07) is 11.5. The van der Waals surface area contributed by atoms with Crippen molar-refractivity contribution in [3.8, 4) is 0 Å². The number of carbonyl (C=O) groups is 3. The van der Waals surface area contributed by atoms with Crippen molar-refractivity contribution in [2.75, 3.05) is 19.7 Å². The van der Waals surface area contributed by atoms with Crippen LogP contribution in [0.4, 0.5) is 4.79 Å². The molecule has 2 aliphatic heterocycles. The number of amides is 3. The fourth-order valence-electron chi connectivity index (χ4n) is 5.89. The third-order valence-corrected chi connectivity index (χ3v) is 8.52. The van der Waals surface area contributed by atoms with E-state index in [1.54, 1.807) is 23.2 Å². The van der Waals surface area contributed by atoms with E-state index in [0.29, 0.717) is 38.1 Å². The van der Waals surface area contributed by atoms with Crippen LogP contribution in [0.5, 0.6) is 0 Å². The second kappa shape index (κ2) is 10.4. The summed E-state index contributed by atoms with van der Waals surface area (Å²) >= 11 is 1.61. The zero-order chi connectivity index (χ0) is 24.4. The lowest BCUT2D eigenvalue weighted by Crippen LogP contribution is -2.53. The molecule has 1 aliphatic carbocycles. The van der Waals surface area contributed by atoms with Crippen LogP contribution in [0.1, 0.15) is 78.2 Å². The Morgan fingerprint density at radius 2 is 1.80 bits per heavy atom. The number of nitrogens with one attached hydrogen (secondary N) is 1. The molecule has 1 saturated heterocycles. The van der Waals surface area contributed by atoms with Gasteiger partial charge in [-0.15, -0.1) is 11.3 Å². The van der Waals surface area contributed by atoms with E-state index >= 15 is 0 Å². The first-order chi connectivity index (χ1) is 17.1. The molecule has 1 N–H and O–H groups in total. The van der Waals surface area contributed by atoms with Gasteiger partial charge in [0.25, 0.3) is 5.91 Å². The fraction of sp³-hybridized carbons (Fsp3) is 0.519. The zero-order valence-electron chi connectivity index (χ0n) is 20.2. The number of hydrogen-bond acceptors (Lipinski definition) is 5. The molecule has 0 unspecified atom stereocenters. The topological polar surface area (TPSA) is 79.0 Å². The van der Waals surface area contributed by atoms with Crippen molar-refractivity contribution in [3.63, 3.8) is 0 Å². The second-order valence-corrected chi connectivity index (χ2v) is 10.6. The number of ether oxygens (including phenoxy) is 1. The summed E-state index contributed by atoms with van der Waals surface area (Å²) < 4.78 is 5.12. The van der Waals surface area contributed by atoms with Crippen LogP contribution in [-0.4, -0.2) is 59.5 Å². The maximum atomic E-state index is 14.0. The maximum absolute atomic E-state index is 14.0. The number of nitrogens with zero attached hydrogens (tertiary/aromatic N) is 2. The molecule has 1 saturated carbocycles. The third-order valence-electron chi connectivity index (χ3n) is 7.58. The molecule has 5 rings (SSSR count). The number of fused-ring (bicyclic) bond motifs is 1. The van der Waals surface area contributed by atoms with Crippen LogP contribution in [0.3, 0.4) is 0 Å². The molecular weight excluding hydrogens is 462 g/mol. The minimum Gasteiger partial charge on any atom is -0.450 e. The Morgan fingerprint density at radius 3 is 2.49 bits per heavy atom. The summed E-state index contributed by atoms with van der Waals surface area (Å²) in [5.41, 5.74) is 1.45. The Labute approximate surface area is 210 Å². The number of thiophene rings is 1. The molecule has 3 heterocycles. The highest BCUT2D eigenvalue weighted by Crippen LogP contribution is 2.47. The number of carbonyl (C=O) groups excluding carboxylic acids is 3. The number of piperidine rings is 1. The monoisotopic (exact) mass is 495 g/mol. The molecule has 0 radical (unpaired) electrons. The smallest absolute Gasteiger partial charge is 0.409 e. The first kappa shape index (κ1) is 23.9. The summed E-state index contributed by atoms with van der Waals surface area (Å²) in [6.07, 6.45) is 5.28. The van der Waals surface area contributed by atoms with Crippen molar-refractivity contribution in [3.05, 3.63) is 57.8 Å². The minimum atomic E-state index is -0.466. The van der Waals surface area contributed by atoms with E-state index in [2.05, 4.69) is 11.4 Å². The van der Waals surface area contributed by atoms with Crippen molar-refractivity contribution in [1.82, 2.24) is 15.1 Å². The lowest BCUT2D eigenvalue weighted by Gasteiger charge is -2.44. The Kier molecular flexibility index (Phi) is 7.09. The summed E-state index contributed by atoms with van der Waals surface area (Å²) in [7, 11) is 0.